The van der Waals surface area contributed by atoms with E-state index in [1.165, 1.54) is 6.42 Å². The lowest BCUT2D eigenvalue weighted by molar-refractivity contribution is -0.125. The number of aliphatic hydroxyl groups is 1. The zero-order valence-corrected chi connectivity index (χ0v) is 10.4. The number of hydrogen-bond donors (Lipinski definition) is 3. The molecule has 17 heavy (non-hydrogen) atoms. The Morgan fingerprint density at radius 1 is 1.18 bits per heavy atom. The number of carbonyl (C=O) groups excluding carboxylic acids is 1. The number of nitrogens with one attached hydrogen (secondary N) is 1. The topological polar surface area (TPSA) is 75.4 Å². The number of carbonyl (C=O) groups is 1. The summed E-state index contributed by atoms with van der Waals surface area (Å²) in [7, 11) is 0. The SMILES string of the molecule is NC1CCCC1C(=O)NCC1CCCC1CO. The highest BCUT2D eigenvalue weighted by atomic mass is 16.3. The Labute approximate surface area is 103 Å². The molecule has 0 bridgehead atoms. The second kappa shape index (κ2) is 5.83. The highest BCUT2D eigenvalue weighted by molar-refractivity contribution is 5.79. The van der Waals surface area contributed by atoms with E-state index < -0.39 is 0 Å². The Morgan fingerprint density at radius 3 is 2.53 bits per heavy atom. The molecular formula is C13H24N2O2. The summed E-state index contributed by atoms with van der Waals surface area (Å²) in [6, 6.07) is 0.0483. The van der Waals surface area contributed by atoms with Gasteiger partial charge in [-0.25, -0.2) is 0 Å². The van der Waals surface area contributed by atoms with Gasteiger partial charge in [-0.1, -0.05) is 12.8 Å². The Balaban J connectivity index is 1.76. The van der Waals surface area contributed by atoms with Crippen molar-refractivity contribution in [1.82, 2.24) is 5.32 Å². The minimum Gasteiger partial charge on any atom is -0.396 e. The molecule has 2 rings (SSSR count). The van der Waals surface area contributed by atoms with E-state index in [4.69, 9.17) is 5.73 Å². The van der Waals surface area contributed by atoms with E-state index in [1.807, 2.05) is 0 Å². The standard InChI is InChI=1S/C13H24N2O2/c14-12-6-2-5-11(12)13(17)15-7-9-3-1-4-10(9)8-16/h9-12,16H,1-8,14H2,(H,15,17). The van der Waals surface area contributed by atoms with Crippen LogP contribution in [0.25, 0.3) is 0 Å². The van der Waals surface area contributed by atoms with Gasteiger partial charge in [-0.15, -0.1) is 0 Å². The van der Waals surface area contributed by atoms with E-state index in [-0.39, 0.29) is 24.5 Å². The van der Waals surface area contributed by atoms with Gasteiger partial charge in [0.25, 0.3) is 0 Å². The molecular weight excluding hydrogens is 216 g/mol. The van der Waals surface area contributed by atoms with E-state index in [9.17, 15) is 9.90 Å². The highest BCUT2D eigenvalue weighted by Crippen LogP contribution is 2.31. The first-order valence-corrected chi connectivity index (χ1v) is 6.86. The van der Waals surface area contributed by atoms with Crippen LogP contribution in [0.1, 0.15) is 38.5 Å². The molecule has 0 aliphatic heterocycles. The van der Waals surface area contributed by atoms with Gasteiger partial charge in [0.15, 0.2) is 0 Å². The van der Waals surface area contributed by atoms with Gasteiger partial charge in [0.1, 0.15) is 0 Å². The van der Waals surface area contributed by atoms with Gasteiger partial charge in [0, 0.05) is 19.2 Å². The van der Waals surface area contributed by atoms with Crippen LogP contribution in [0.15, 0.2) is 0 Å². The lowest BCUT2D eigenvalue weighted by atomic mass is 9.96. The molecule has 0 heterocycles. The van der Waals surface area contributed by atoms with Crippen LogP contribution < -0.4 is 11.1 Å². The maximum Gasteiger partial charge on any atom is 0.224 e. The van der Waals surface area contributed by atoms with Crippen molar-refractivity contribution in [3.05, 3.63) is 0 Å². The zero-order valence-electron chi connectivity index (χ0n) is 10.4. The summed E-state index contributed by atoms with van der Waals surface area (Å²) >= 11 is 0. The molecule has 0 aromatic carbocycles. The number of aliphatic hydroxyl groups excluding tert-OH is 1. The summed E-state index contributed by atoms with van der Waals surface area (Å²) in [6.45, 7) is 0.969. The molecule has 2 aliphatic rings. The molecule has 0 aromatic heterocycles. The second-order valence-corrected chi connectivity index (χ2v) is 5.58. The van der Waals surface area contributed by atoms with Gasteiger partial charge in [-0.05, 0) is 37.5 Å². The van der Waals surface area contributed by atoms with E-state index >= 15 is 0 Å². The van der Waals surface area contributed by atoms with Crippen molar-refractivity contribution in [3.63, 3.8) is 0 Å². The normalized spacial score (nSPS) is 37.3. The fourth-order valence-corrected chi connectivity index (χ4v) is 3.30. The maximum absolute atomic E-state index is 12.0. The Kier molecular flexibility index (Phi) is 4.40. The summed E-state index contributed by atoms with van der Waals surface area (Å²) in [4.78, 5) is 12.0. The summed E-state index contributed by atoms with van der Waals surface area (Å²) in [5.74, 6) is 0.983. The molecule has 0 spiro atoms. The van der Waals surface area contributed by atoms with E-state index in [0.29, 0.717) is 18.4 Å². The first-order chi connectivity index (χ1) is 8.22. The van der Waals surface area contributed by atoms with Crippen molar-refractivity contribution in [2.45, 2.75) is 44.6 Å². The highest BCUT2D eigenvalue weighted by Gasteiger charge is 2.32. The fraction of sp³-hybridized carbons (Fsp3) is 0.923. The fourth-order valence-electron chi connectivity index (χ4n) is 3.30. The van der Waals surface area contributed by atoms with E-state index in [1.54, 1.807) is 0 Å². The van der Waals surface area contributed by atoms with Crippen molar-refractivity contribution >= 4 is 5.91 Å². The summed E-state index contributed by atoms with van der Waals surface area (Å²) in [5.41, 5.74) is 5.92. The molecule has 4 N–H and O–H groups in total. The molecule has 0 saturated heterocycles. The van der Waals surface area contributed by atoms with Crippen LogP contribution in [0.2, 0.25) is 0 Å². The molecule has 4 atom stereocenters. The monoisotopic (exact) mass is 240 g/mol. The van der Waals surface area contributed by atoms with Gasteiger partial charge in [-0.2, -0.15) is 0 Å². The van der Waals surface area contributed by atoms with Crippen LogP contribution in [0, 0.1) is 17.8 Å². The lowest BCUT2D eigenvalue weighted by Crippen LogP contribution is -2.41. The lowest BCUT2D eigenvalue weighted by Gasteiger charge is -2.20. The Bertz CT molecular complexity index is 270. The molecule has 0 aromatic rings. The van der Waals surface area contributed by atoms with Crippen LogP contribution in [0.4, 0.5) is 0 Å². The third-order valence-electron chi connectivity index (χ3n) is 4.50. The maximum atomic E-state index is 12.0. The molecule has 4 unspecified atom stereocenters. The number of rotatable bonds is 4. The quantitative estimate of drug-likeness (QED) is 0.675. The first-order valence-electron chi connectivity index (χ1n) is 6.86. The molecule has 1 amide bonds. The van der Waals surface area contributed by atoms with Crippen molar-refractivity contribution in [2.24, 2.45) is 23.5 Å². The predicted octanol–water partition coefficient (Wildman–Crippen LogP) is 0.639. The molecule has 0 radical (unpaired) electrons. The van der Waals surface area contributed by atoms with Crippen LogP contribution in [0.3, 0.4) is 0 Å². The van der Waals surface area contributed by atoms with Crippen molar-refractivity contribution in [1.29, 1.82) is 0 Å². The minimum absolute atomic E-state index is 0.0176. The Hall–Kier alpha value is -0.610. The zero-order chi connectivity index (χ0) is 12.3. The average molecular weight is 240 g/mol. The van der Waals surface area contributed by atoms with E-state index in [0.717, 1.165) is 32.1 Å². The van der Waals surface area contributed by atoms with Crippen LogP contribution in [0.5, 0.6) is 0 Å². The predicted molar refractivity (Wildman–Crippen MR) is 66.2 cm³/mol. The first kappa shape index (κ1) is 12.8. The largest absolute Gasteiger partial charge is 0.396 e. The smallest absolute Gasteiger partial charge is 0.224 e. The molecule has 2 fully saturated rings. The second-order valence-electron chi connectivity index (χ2n) is 5.58. The van der Waals surface area contributed by atoms with Gasteiger partial charge in [0.2, 0.25) is 5.91 Å². The third-order valence-corrected chi connectivity index (χ3v) is 4.50. The van der Waals surface area contributed by atoms with Gasteiger partial charge in [0.05, 0.1) is 5.92 Å². The molecule has 4 nitrogen and oxygen atoms in total. The van der Waals surface area contributed by atoms with Crippen LogP contribution in [-0.2, 0) is 4.79 Å². The van der Waals surface area contributed by atoms with Crippen LogP contribution in [-0.4, -0.2) is 30.2 Å². The van der Waals surface area contributed by atoms with Crippen molar-refractivity contribution in [2.75, 3.05) is 13.2 Å². The number of nitrogens with two attached hydrogens (primary N) is 1. The number of amides is 1. The van der Waals surface area contributed by atoms with Gasteiger partial charge < -0.3 is 16.2 Å². The van der Waals surface area contributed by atoms with Gasteiger partial charge in [-0.3, -0.25) is 4.79 Å². The molecule has 2 saturated carbocycles. The third kappa shape index (κ3) is 2.99. The van der Waals surface area contributed by atoms with Crippen molar-refractivity contribution < 1.29 is 9.90 Å². The minimum atomic E-state index is 0.0176. The summed E-state index contributed by atoms with van der Waals surface area (Å²) < 4.78 is 0. The van der Waals surface area contributed by atoms with E-state index in [2.05, 4.69) is 5.32 Å². The molecule has 98 valence electrons. The molecule has 2 aliphatic carbocycles. The number of hydrogen-bond acceptors (Lipinski definition) is 3. The Morgan fingerprint density at radius 2 is 1.88 bits per heavy atom. The van der Waals surface area contributed by atoms with Crippen LogP contribution >= 0.6 is 0 Å². The average Bonchev–Trinajstić information content (AvgIpc) is 2.94. The summed E-state index contributed by atoms with van der Waals surface area (Å²) in [5, 5.41) is 12.3. The molecule has 4 heteroatoms. The van der Waals surface area contributed by atoms with Crippen molar-refractivity contribution in [3.8, 4) is 0 Å². The van der Waals surface area contributed by atoms with Gasteiger partial charge >= 0.3 is 0 Å². The summed E-state index contributed by atoms with van der Waals surface area (Å²) in [6.07, 6.45) is 6.38.